The smallest absolute Gasteiger partial charge is 0.317 e. The van der Waals surface area contributed by atoms with Crippen LogP contribution >= 0.6 is 11.3 Å². The molecule has 4 fully saturated rings. The lowest BCUT2D eigenvalue weighted by Gasteiger charge is -2.60. The van der Waals surface area contributed by atoms with Gasteiger partial charge in [0.25, 0.3) is 0 Å². The predicted octanol–water partition coefficient (Wildman–Crippen LogP) is 10.2. The third-order valence-electron chi connectivity index (χ3n) is 14.7. The topological polar surface area (TPSA) is 89.9 Å². The molecule has 1 aromatic heterocycles. The maximum absolute atomic E-state index is 14.6. The number of aliphatic hydroxyl groups is 2. The SMILES string of the molecule is CC1=CCCC2(C)C(CCC2(O)CN(CC2CCC3CC2C3(C)C)C(=O)NC(C)c2ccccc2)c2ccc(cc2C(=O)c2ccc(C)s2)CC(O)CC1. The standard InChI is InChI=1S/C47H62N2O4S/c1-30-11-10-23-46(6)40(38-20-16-33(25-37(50)19-14-30)26-39(38)43(51)42-21-15-31(2)54-42)22-24-47(46,53)29-49(28-35-17-18-36-27-41(35)45(36,4)5)44(52)48-32(3)34-12-8-7-9-13-34/h7-9,11-13,15-16,20-21,26,32,35-37,40-41,50,53H,10,14,17-19,22-25,27-29H2,1-6H3,(H,48,52). The number of carbonyl (C=O) groups is 2. The van der Waals surface area contributed by atoms with Crippen molar-refractivity contribution in [3.8, 4) is 0 Å². The molecule has 290 valence electrons. The number of aryl methyl sites for hydroxylation is 1. The Morgan fingerprint density at radius 3 is 2.46 bits per heavy atom. The molecular formula is C47H62N2O4S. The number of hydrogen-bond donors (Lipinski definition) is 3. The Balaban J connectivity index is 1.26. The maximum Gasteiger partial charge on any atom is 0.317 e. The summed E-state index contributed by atoms with van der Waals surface area (Å²) in [7, 11) is 0. The quantitative estimate of drug-likeness (QED) is 0.158. The van der Waals surface area contributed by atoms with Gasteiger partial charge in [0.1, 0.15) is 0 Å². The van der Waals surface area contributed by atoms with Crippen LogP contribution in [0.1, 0.15) is 141 Å². The molecular weight excluding hydrogens is 689 g/mol. The zero-order valence-corrected chi connectivity index (χ0v) is 34.2. The van der Waals surface area contributed by atoms with Crippen molar-refractivity contribution in [3.63, 3.8) is 0 Å². The zero-order chi connectivity index (χ0) is 38.4. The highest BCUT2D eigenvalue weighted by atomic mass is 32.1. The highest BCUT2D eigenvalue weighted by Gasteiger charge is 2.59. The normalized spacial score (nSPS) is 31.0. The van der Waals surface area contributed by atoms with Gasteiger partial charge in [0.05, 0.1) is 29.2 Å². The molecule has 8 atom stereocenters. The lowest BCUT2D eigenvalue weighted by molar-refractivity contribution is -0.118. The molecule has 0 spiro atoms. The van der Waals surface area contributed by atoms with E-state index < -0.39 is 17.1 Å². The van der Waals surface area contributed by atoms with Gasteiger partial charge < -0.3 is 20.4 Å². The van der Waals surface area contributed by atoms with E-state index in [4.69, 9.17) is 0 Å². The fraction of sp³-hybridized carbons (Fsp3) is 0.574. The molecule has 7 heteroatoms. The zero-order valence-electron chi connectivity index (χ0n) is 33.4. The van der Waals surface area contributed by atoms with Crippen molar-refractivity contribution in [1.82, 2.24) is 10.2 Å². The van der Waals surface area contributed by atoms with Crippen molar-refractivity contribution in [2.45, 2.75) is 129 Å². The summed E-state index contributed by atoms with van der Waals surface area (Å²) in [6.07, 6.45) is 10.1. The second kappa shape index (κ2) is 15.3. The molecule has 6 aliphatic rings. The summed E-state index contributed by atoms with van der Waals surface area (Å²) in [5.41, 5.74) is 3.41. The Hall–Kier alpha value is -3.26. The number of benzene rings is 2. The number of nitrogens with one attached hydrogen (secondary N) is 1. The molecule has 3 aromatic rings. The Morgan fingerprint density at radius 1 is 0.981 bits per heavy atom. The predicted molar refractivity (Wildman–Crippen MR) is 219 cm³/mol. The molecule has 9 rings (SSSR count). The molecule has 2 amide bonds. The largest absolute Gasteiger partial charge is 0.393 e. The highest BCUT2D eigenvalue weighted by Crippen LogP contribution is 2.62. The van der Waals surface area contributed by atoms with E-state index in [1.807, 2.05) is 55.1 Å². The van der Waals surface area contributed by atoms with Gasteiger partial charge in [-0.1, -0.05) is 74.9 Å². The fourth-order valence-electron chi connectivity index (χ4n) is 11.0. The van der Waals surface area contributed by atoms with Crippen molar-refractivity contribution in [2.75, 3.05) is 13.1 Å². The number of nitrogens with zero attached hydrogens (tertiary/aromatic N) is 1. The molecule has 54 heavy (non-hydrogen) atoms. The number of aliphatic hydroxyl groups excluding tert-OH is 1. The van der Waals surface area contributed by atoms with Crippen molar-refractivity contribution in [1.29, 1.82) is 0 Å². The highest BCUT2D eigenvalue weighted by molar-refractivity contribution is 7.14. The van der Waals surface area contributed by atoms with Gasteiger partial charge >= 0.3 is 6.03 Å². The first-order valence-corrected chi connectivity index (χ1v) is 21.4. The second-order valence-electron chi connectivity index (χ2n) is 18.3. The van der Waals surface area contributed by atoms with E-state index in [0.29, 0.717) is 48.1 Å². The average molecular weight is 751 g/mol. The van der Waals surface area contributed by atoms with E-state index in [9.17, 15) is 19.8 Å². The van der Waals surface area contributed by atoms with Gasteiger partial charge in [-0.3, -0.25) is 4.79 Å². The van der Waals surface area contributed by atoms with Crippen LogP contribution in [0.3, 0.4) is 0 Å². The molecule has 1 heterocycles. The monoisotopic (exact) mass is 750 g/mol. The summed E-state index contributed by atoms with van der Waals surface area (Å²) in [5, 5.41) is 27.6. The van der Waals surface area contributed by atoms with E-state index in [-0.39, 0.29) is 35.7 Å². The lowest BCUT2D eigenvalue weighted by Crippen LogP contribution is -2.59. The minimum atomic E-state index is -1.18. The molecule has 0 radical (unpaired) electrons. The molecule has 2 aromatic carbocycles. The van der Waals surface area contributed by atoms with Crippen LogP contribution < -0.4 is 5.32 Å². The van der Waals surface area contributed by atoms with Crippen LogP contribution in [-0.4, -0.2) is 51.7 Å². The van der Waals surface area contributed by atoms with E-state index in [2.05, 4.69) is 63.4 Å². The van der Waals surface area contributed by atoms with E-state index in [1.165, 1.54) is 29.8 Å². The van der Waals surface area contributed by atoms with Crippen LogP contribution in [0, 0.1) is 35.5 Å². The summed E-state index contributed by atoms with van der Waals surface area (Å²) in [4.78, 5) is 32.7. The third-order valence-corrected chi connectivity index (χ3v) is 15.7. The van der Waals surface area contributed by atoms with Crippen LogP contribution in [0.25, 0.3) is 0 Å². The molecule has 4 saturated carbocycles. The molecule has 4 bridgehead atoms. The Kier molecular flexibility index (Phi) is 11.1. The van der Waals surface area contributed by atoms with Gasteiger partial charge in [-0.15, -0.1) is 11.3 Å². The third kappa shape index (κ3) is 7.50. The molecule has 3 N–H and O–H groups in total. The first-order valence-electron chi connectivity index (χ1n) is 20.6. The number of amides is 2. The average Bonchev–Trinajstić information content (AvgIpc) is 3.69. The summed E-state index contributed by atoms with van der Waals surface area (Å²) in [5.74, 6) is 1.66. The number of allylic oxidation sites excluding steroid dienone is 2. The van der Waals surface area contributed by atoms with Crippen molar-refractivity contribution >= 4 is 23.2 Å². The first-order chi connectivity index (χ1) is 25.7. The van der Waals surface area contributed by atoms with Crippen LogP contribution in [0.5, 0.6) is 0 Å². The van der Waals surface area contributed by atoms with Crippen molar-refractivity contribution < 1.29 is 19.8 Å². The van der Waals surface area contributed by atoms with Gasteiger partial charge in [-0.2, -0.15) is 0 Å². The van der Waals surface area contributed by atoms with Crippen molar-refractivity contribution in [2.24, 2.45) is 28.6 Å². The number of urea groups is 1. The lowest BCUT2D eigenvalue weighted by atomic mass is 9.45. The van der Waals surface area contributed by atoms with Gasteiger partial charge in [0.15, 0.2) is 0 Å². The first kappa shape index (κ1) is 39.0. The fourth-order valence-corrected chi connectivity index (χ4v) is 11.8. The minimum Gasteiger partial charge on any atom is -0.393 e. The molecule has 0 aliphatic heterocycles. The Bertz CT molecular complexity index is 1860. The number of thiophene rings is 1. The minimum absolute atomic E-state index is 0.00897. The van der Waals surface area contributed by atoms with E-state index in [1.54, 1.807) is 0 Å². The van der Waals surface area contributed by atoms with E-state index >= 15 is 0 Å². The molecule has 0 saturated heterocycles. The number of ketones is 1. The van der Waals surface area contributed by atoms with Crippen LogP contribution in [0.2, 0.25) is 0 Å². The number of rotatable bonds is 8. The van der Waals surface area contributed by atoms with Crippen molar-refractivity contribution in [3.05, 3.63) is 104 Å². The van der Waals surface area contributed by atoms with Gasteiger partial charge in [-0.05, 0) is 149 Å². The van der Waals surface area contributed by atoms with Gasteiger partial charge in [-0.25, -0.2) is 4.79 Å². The molecule has 6 nitrogen and oxygen atoms in total. The summed E-state index contributed by atoms with van der Waals surface area (Å²) in [6.45, 7) is 14.1. The van der Waals surface area contributed by atoms with E-state index in [0.717, 1.165) is 59.6 Å². The maximum atomic E-state index is 14.6. The van der Waals surface area contributed by atoms with Gasteiger partial charge in [0.2, 0.25) is 5.78 Å². The second-order valence-corrected chi connectivity index (χ2v) is 19.6. The molecule has 6 aliphatic carbocycles. The molecule has 8 unspecified atom stereocenters. The summed E-state index contributed by atoms with van der Waals surface area (Å²) < 4.78 is 0. The summed E-state index contributed by atoms with van der Waals surface area (Å²) >= 11 is 1.52. The van der Waals surface area contributed by atoms with Gasteiger partial charge in [0, 0.05) is 22.4 Å². The van der Waals surface area contributed by atoms with Crippen LogP contribution in [-0.2, 0) is 6.42 Å². The number of hydrogen-bond acceptors (Lipinski definition) is 5. The number of carbonyl (C=O) groups excluding carboxylic acids is 2. The van der Waals surface area contributed by atoms with Crippen LogP contribution in [0.4, 0.5) is 4.79 Å². The Labute approximate surface area is 327 Å². The summed E-state index contributed by atoms with van der Waals surface area (Å²) in [6, 6.07) is 20.0. The van der Waals surface area contributed by atoms with Crippen LogP contribution in [0.15, 0.2) is 72.3 Å². The Morgan fingerprint density at radius 2 is 1.76 bits per heavy atom. The number of fused-ring (bicyclic) bond motifs is 10.